The number of fused-ring (bicyclic) bond motifs is 3. The fourth-order valence-electron chi connectivity index (χ4n) is 2.33. The summed E-state index contributed by atoms with van der Waals surface area (Å²) >= 11 is 2.24. The van der Waals surface area contributed by atoms with Crippen molar-refractivity contribution in [1.82, 2.24) is 0 Å². The second-order valence-electron chi connectivity index (χ2n) is 4.12. The number of rotatable bonds is 0. The molecule has 0 radical (unpaired) electrons. The van der Waals surface area contributed by atoms with Crippen molar-refractivity contribution in [3.05, 3.63) is 53.1 Å². The summed E-state index contributed by atoms with van der Waals surface area (Å²) in [4.78, 5) is 0. The Morgan fingerprint density at radius 1 is 0.889 bits per heavy atom. The van der Waals surface area contributed by atoms with E-state index in [4.69, 9.17) is 0 Å². The van der Waals surface area contributed by atoms with Gasteiger partial charge in [0, 0.05) is 0 Å². The van der Waals surface area contributed by atoms with Gasteiger partial charge in [0.05, 0.1) is 0 Å². The molecule has 0 saturated heterocycles. The van der Waals surface area contributed by atoms with E-state index >= 15 is 0 Å². The fourth-order valence-corrected chi connectivity index (χ4v) is 2.81. The summed E-state index contributed by atoms with van der Waals surface area (Å²) in [6.45, 7) is 2.19. The molecule has 2 aromatic rings. The molecule has 92 valence electrons. The average Bonchev–Trinajstić information content (AvgIpc) is 2.63. The van der Waals surface area contributed by atoms with Crippen LogP contribution in [-0.4, -0.2) is 0 Å². The standard InChI is InChI=1S/C14H11.3ClH.Ti/c1-10-6-7-14-12(8-10)9-11-4-2-3-5-13(11)14;;;;/h2-7H,9H2,1H3;3*1H;/q;;;;+3/p-3. The van der Waals surface area contributed by atoms with E-state index in [0.717, 1.165) is 6.42 Å². The van der Waals surface area contributed by atoms with Gasteiger partial charge in [0.2, 0.25) is 0 Å². The van der Waals surface area contributed by atoms with Crippen LogP contribution in [0.1, 0.15) is 16.7 Å². The third kappa shape index (κ3) is 2.79. The van der Waals surface area contributed by atoms with Crippen molar-refractivity contribution in [3.63, 3.8) is 0 Å². The third-order valence-electron chi connectivity index (χ3n) is 3.20. The van der Waals surface area contributed by atoms with Crippen LogP contribution in [0.25, 0.3) is 11.1 Å². The number of hydrogen-bond donors (Lipinski definition) is 0. The minimum absolute atomic E-state index is 0. The zero-order chi connectivity index (χ0) is 10.4. The topological polar surface area (TPSA) is 0 Å². The van der Waals surface area contributed by atoms with Crippen LogP contribution in [0.15, 0.2) is 36.4 Å². The predicted molar refractivity (Wildman–Crippen MR) is 59.1 cm³/mol. The first-order valence-corrected chi connectivity index (χ1v) is 5.98. The van der Waals surface area contributed by atoms with Gasteiger partial charge in [-0.1, -0.05) is 0 Å². The minimum atomic E-state index is 0. The van der Waals surface area contributed by atoms with Crippen molar-refractivity contribution < 1.29 is 57.7 Å². The molecule has 0 nitrogen and oxygen atoms in total. The summed E-state index contributed by atoms with van der Waals surface area (Å²) in [7, 11) is 0. The Kier molecular flexibility index (Phi) is 6.99. The van der Waals surface area contributed by atoms with Gasteiger partial charge in [-0.2, -0.15) is 0 Å². The van der Waals surface area contributed by atoms with Crippen molar-refractivity contribution in [1.29, 1.82) is 0 Å². The zero-order valence-electron chi connectivity index (χ0n) is 9.81. The summed E-state index contributed by atoms with van der Waals surface area (Å²) < 4.78 is 1.46. The smallest absolute Gasteiger partial charge is 1.00 e. The molecule has 0 spiro atoms. The average molecular weight is 333 g/mol. The molecule has 4 heteroatoms. The van der Waals surface area contributed by atoms with Crippen molar-refractivity contribution in [2.45, 2.75) is 13.3 Å². The van der Waals surface area contributed by atoms with Crippen LogP contribution in [0.3, 0.4) is 0 Å². The van der Waals surface area contributed by atoms with Gasteiger partial charge in [-0.15, -0.1) is 0 Å². The molecule has 18 heavy (non-hydrogen) atoms. The van der Waals surface area contributed by atoms with Gasteiger partial charge in [0.25, 0.3) is 0 Å². The first-order chi connectivity index (χ1) is 7.27. The van der Waals surface area contributed by atoms with Crippen molar-refractivity contribution in [2.24, 2.45) is 0 Å². The summed E-state index contributed by atoms with van der Waals surface area (Å²) in [5.41, 5.74) is 7.27. The number of halogens is 3. The number of hydrogen-bond acceptors (Lipinski definition) is 0. The van der Waals surface area contributed by atoms with Gasteiger partial charge >= 0.3 is 102 Å². The molecule has 0 fully saturated rings. The quantitative estimate of drug-likeness (QED) is 0.359. The van der Waals surface area contributed by atoms with Gasteiger partial charge in [-0.05, 0) is 0 Å². The van der Waals surface area contributed by atoms with E-state index in [1.54, 1.807) is 0 Å². The van der Waals surface area contributed by atoms with Gasteiger partial charge in [-0.3, -0.25) is 0 Å². The molecule has 0 bridgehead atoms. The molecule has 2 aromatic carbocycles. The molecule has 0 atom stereocenters. The van der Waals surface area contributed by atoms with E-state index in [-0.39, 0.29) is 37.2 Å². The molecule has 0 unspecified atom stereocenters. The maximum absolute atomic E-state index is 2.27. The van der Waals surface area contributed by atoms with Crippen LogP contribution in [-0.2, 0) is 26.9 Å². The first kappa shape index (κ1) is 18.0. The van der Waals surface area contributed by atoms with Crippen LogP contribution >= 0.6 is 0 Å². The molecule has 0 N–H and O–H groups in total. The van der Waals surface area contributed by atoms with Crippen molar-refractivity contribution in [3.8, 4) is 11.1 Å². The molecule has 0 heterocycles. The molecule has 0 aromatic heterocycles. The first-order valence-electron chi connectivity index (χ1n) is 5.20. The summed E-state index contributed by atoms with van der Waals surface area (Å²) in [5.74, 6) is 0. The van der Waals surface area contributed by atoms with E-state index in [9.17, 15) is 0 Å². The van der Waals surface area contributed by atoms with Gasteiger partial charge in [-0.25, -0.2) is 0 Å². The maximum Gasteiger partial charge on any atom is -1.00 e. The van der Waals surface area contributed by atoms with E-state index in [1.165, 1.54) is 31.7 Å². The van der Waals surface area contributed by atoms with E-state index < -0.39 is 0 Å². The Morgan fingerprint density at radius 2 is 1.56 bits per heavy atom. The van der Waals surface area contributed by atoms with Crippen LogP contribution in [0.5, 0.6) is 0 Å². The summed E-state index contributed by atoms with van der Waals surface area (Å²) in [6, 6.07) is 13.2. The monoisotopic (exact) mass is 332 g/mol. The molecule has 0 aliphatic heterocycles. The summed E-state index contributed by atoms with van der Waals surface area (Å²) in [5, 5.41) is 0. The van der Waals surface area contributed by atoms with Crippen LogP contribution in [0, 0.1) is 6.92 Å². The number of aryl methyl sites for hydroxylation is 1. The van der Waals surface area contributed by atoms with Gasteiger partial charge in [0.15, 0.2) is 0 Å². The largest absolute Gasteiger partial charge is 1.00 e. The molecule has 0 saturated carbocycles. The zero-order valence-corrected chi connectivity index (χ0v) is 13.6. The van der Waals surface area contributed by atoms with Crippen molar-refractivity contribution in [2.75, 3.05) is 0 Å². The van der Waals surface area contributed by atoms with Gasteiger partial charge in [0.1, 0.15) is 0 Å². The van der Waals surface area contributed by atoms with Crippen LogP contribution in [0.4, 0.5) is 0 Å². The molecular weight excluding hydrogens is 322 g/mol. The second-order valence-corrected chi connectivity index (χ2v) is 4.90. The minimum Gasteiger partial charge on any atom is -1.00 e. The summed E-state index contributed by atoms with van der Waals surface area (Å²) in [6.07, 6.45) is 1.11. The maximum atomic E-state index is 2.27. The van der Waals surface area contributed by atoms with Crippen LogP contribution < -0.4 is 41.1 Å². The second kappa shape index (κ2) is 6.98. The predicted octanol–water partition coefficient (Wildman–Crippen LogP) is -6.25. The van der Waals surface area contributed by atoms with Gasteiger partial charge < -0.3 is 37.2 Å². The third-order valence-corrected chi connectivity index (χ3v) is 4.28. The molecule has 1 aliphatic rings. The van der Waals surface area contributed by atoms with Crippen molar-refractivity contribution >= 4 is 3.87 Å². The van der Waals surface area contributed by atoms with E-state index in [1.807, 2.05) is 0 Å². The Bertz CT molecular complexity index is 553. The SMILES string of the molecule is Cc1ccc2c([c]1[Ti+3])Cc1ccccc1-2.[Cl-].[Cl-].[Cl-]. The fraction of sp³-hybridized carbons (Fsp3) is 0.143. The van der Waals surface area contributed by atoms with E-state index in [2.05, 4.69) is 63.8 Å². The normalized spacial score (nSPS) is 10.4. The molecular formula is C14H11Cl3Ti. The Morgan fingerprint density at radius 3 is 2.28 bits per heavy atom. The molecule has 1 aliphatic carbocycles. The van der Waals surface area contributed by atoms with E-state index in [0.29, 0.717) is 0 Å². The Labute approximate surface area is 138 Å². The van der Waals surface area contributed by atoms with Crippen LogP contribution in [0.2, 0.25) is 0 Å². The Balaban J connectivity index is 0.000000963. The molecule has 3 rings (SSSR count). The Hall–Kier alpha value is 0.0243. The molecule has 0 amide bonds. The number of benzene rings is 2.